The van der Waals surface area contributed by atoms with Crippen molar-refractivity contribution < 1.29 is 9.21 Å². The van der Waals surface area contributed by atoms with E-state index in [1.54, 1.807) is 12.3 Å². The molecule has 3 aromatic heterocycles. The molecule has 0 aliphatic rings. The Kier molecular flexibility index (Phi) is 6.63. The molecule has 35 heavy (non-hydrogen) atoms. The maximum absolute atomic E-state index is 12.7. The minimum Gasteiger partial charge on any atom is -0.461 e. The van der Waals surface area contributed by atoms with Crippen molar-refractivity contribution in [3.05, 3.63) is 95.5 Å². The second-order valence-corrected chi connectivity index (χ2v) is 9.17. The quantitative estimate of drug-likeness (QED) is 0.242. The molecule has 176 valence electrons. The molecule has 7 nitrogen and oxygen atoms in total. The van der Waals surface area contributed by atoms with E-state index in [0.29, 0.717) is 24.7 Å². The fourth-order valence-corrected chi connectivity index (χ4v) is 4.79. The first-order valence-corrected chi connectivity index (χ1v) is 12.3. The third-order valence-corrected chi connectivity index (χ3v) is 6.81. The molecule has 0 spiro atoms. The third-order valence-electron chi connectivity index (χ3n) is 5.82. The van der Waals surface area contributed by atoms with Gasteiger partial charge in [0.1, 0.15) is 5.03 Å². The van der Waals surface area contributed by atoms with Gasteiger partial charge in [0.05, 0.1) is 29.8 Å². The summed E-state index contributed by atoms with van der Waals surface area (Å²) in [5, 5.41) is 9.38. The number of hydrogen-bond acceptors (Lipinski definition) is 6. The van der Waals surface area contributed by atoms with Gasteiger partial charge in [-0.2, -0.15) is 5.10 Å². The summed E-state index contributed by atoms with van der Waals surface area (Å²) in [4.78, 5) is 22.0. The first kappa shape index (κ1) is 22.9. The molecule has 5 rings (SSSR count). The first-order chi connectivity index (χ1) is 17.1. The van der Waals surface area contributed by atoms with Gasteiger partial charge in [0.15, 0.2) is 11.6 Å². The minimum atomic E-state index is -0.0631. The zero-order valence-corrected chi connectivity index (χ0v) is 20.4. The first-order valence-electron chi connectivity index (χ1n) is 11.4. The average molecular weight is 484 g/mol. The Labute approximate surface area is 207 Å². The second-order valence-electron chi connectivity index (χ2n) is 8.20. The number of amides is 1. The summed E-state index contributed by atoms with van der Waals surface area (Å²) in [6, 6.07) is 21.6. The molecule has 0 atom stereocenters. The molecule has 0 unspecified atom stereocenters. The summed E-state index contributed by atoms with van der Waals surface area (Å²) in [5.74, 6) is 1.29. The van der Waals surface area contributed by atoms with E-state index in [1.807, 2.05) is 67.1 Å². The number of furan rings is 1. The van der Waals surface area contributed by atoms with Crippen molar-refractivity contribution in [3.63, 3.8) is 0 Å². The number of thioether (sulfide) groups is 1. The van der Waals surface area contributed by atoms with E-state index in [2.05, 4.69) is 32.5 Å². The summed E-state index contributed by atoms with van der Waals surface area (Å²) in [7, 11) is 0. The number of benzene rings is 2. The third kappa shape index (κ3) is 5.12. The van der Waals surface area contributed by atoms with E-state index >= 15 is 0 Å². The van der Waals surface area contributed by atoms with Crippen LogP contribution >= 0.6 is 11.8 Å². The standard InChI is InChI=1S/C27H25N5O2S/c1-18-22(19(2)32(31-18)16-20-9-4-3-5-10-20)15-28-25(33)17-35-27-21-11-6-7-12-23(21)29-26(30-27)24-13-8-14-34-24/h3-14H,15-17H2,1-2H3,(H,28,33). The largest absolute Gasteiger partial charge is 0.461 e. The fraction of sp³-hybridized carbons (Fsp3) is 0.185. The van der Waals surface area contributed by atoms with Crippen LogP contribution in [0.1, 0.15) is 22.5 Å². The molecule has 0 saturated heterocycles. The van der Waals surface area contributed by atoms with Crippen LogP contribution in [0.5, 0.6) is 0 Å². The normalized spacial score (nSPS) is 11.1. The molecule has 8 heteroatoms. The molecular formula is C27H25N5O2S. The predicted molar refractivity (Wildman–Crippen MR) is 137 cm³/mol. The Morgan fingerprint density at radius 1 is 1.00 bits per heavy atom. The van der Waals surface area contributed by atoms with Crippen molar-refractivity contribution in [2.24, 2.45) is 0 Å². The van der Waals surface area contributed by atoms with Crippen LogP contribution in [-0.2, 0) is 17.9 Å². The number of aryl methyl sites for hydroxylation is 1. The van der Waals surface area contributed by atoms with Crippen molar-refractivity contribution >= 4 is 28.6 Å². The van der Waals surface area contributed by atoms with Gasteiger partial charge in [0.25, 0.3) is 0 Å². The Morgan fingerprint density at radius 2 is 1.80 bits per heavy atom. The number of carbonyl (C=O) groups is 1. The molecule has 1 N–H and O–H groups in total. The van der Waals surface area contributed by atoms with Crippen LogP contribution in [-0.4, -0.2) is 31.4 Å². The second kappa shape index (κ2) is 10.1. The Bertz CT molecular complexity index is 1460. The van der Waals surface area contributed by atoms with E-state index < -0.39 is 0 Å². The van der Waals surface area contributed by atoms with E-state index in [-0.39, 0.29) is 11.7 Å². The van der Waals surface area contributed by atoms with Gasteiger partial charge < -0.3 is 9.73 Å². The highest BCUT2D eigenvalue weighted by molar-refractivity contribution is 8.00. The molecule has 0 fully saturated rings. The lowest BCUT2D eigenvalue weighted by Crippen LogP contribution is -2.25. The van der Waals surface area contributed by atoms with Crippen LogP contribution in [0.2, 0.25) is 0 Å². The molecule has 0 aliphatic heterocycles. The highest BCUT2D eigenvalue weighted by Gasteiger charge is 2.15. The van der Waals surface area contributed by atoms with E-state index in [4.69, 9.17) is 4.42 Å². The van der Waals surface area contributed by atoms with Gasteiger partial charge in [0.2, 0.25) is 5.91 Å². The van der Waals surface area contributed by atoms with Crippen molar-refractivity contribution in [1.29, 1.82) is 0 Å². The Morgan fingerprint density at radius 3 is 2.60 bits per heavy atom. The smallest absolute Gasteiger partial charge is 0.230 e. The molecule has 0 radical (unpaired) electrons. The monoisotopic (exact) mass is 483 g/mol. The van der Waals surface area contributed by atoms with Gasteiger partial charge in [0, 0.05) is 23.2 Å². The molecular weight excluding hydrogens is 458 g/mol. The van der Waals surface area contributed by atoms with Crippen LogP contribution in [0.4, 0.5) is 0 Å². The fourth-order valence-electron chi connectivity index (χ4n) is 3.95. The summed E-state index contributed by atoms with van der Waals surface area (Å²) >= 11 is 1.39. The van der Waals surface area contributed by atoms with Crippen LogP contribution in [0, 0.1) is 13.8 Å². The number of para-hydroxylation sites is 1. The predicted octanol–water partition coefficient (Wildman–Crippen LogP) is 5.16. The van der Waals surface area contributed by atoms with E-state index in [1.165, 1.54) is 17.3 Å². The van der Waals surface area contributed by atoms with Gasteiger partial charge >= 0.3 is 0 Å². The summed E-state index contributed by atoms with van der Waals surface area (Å²) in [6.07, 6.45) is 1.60. The van der Waals surface area contributed by atoms with Gasteiger partial charge in [-0.25, -0.2) is 9.97 Å². The number of hydrogen-bond donors (Lipinski definition) is 1. The van der Waals surface area contributed by atoms with E-state index in [9.17, 15) is 4.79 Å². The molecule has 3 heterocycles. The van der Waals surface area contributed by atoms with Gasteiger partial charge in [-0.1, -0.05) is 60.3 Å². The van der Waals surface area contributed by atoms with Gasteiger partial charge in [-0.3, -0.25) is 9.48 Å². The number of nitrogens with zero attached hydrogens (tertiary/aromatic N) is 4. The van der Waals surface area contributed by atoms with Crippen LogP contribution in [0.3, 0.4) is 0 Å². The number of rotatable bonds is 8. The lowest BCUT2D eigenvalue weighted by Gasteiger charge is -2.09. The zero-order chi connectivity index (χ0) is 24.2. The number of carbonyl (C=O) groups excluding carboxylic acids is 1. The Hall–Kier alpha value is -3.91. The molecule has 2 aromatic carbocycles. The summed E-state index contributed by atoms with van der Waals surface area (Å²) < 4.78 is 7.47. The highest BCUT2D eigenvalue weighted by atomic mass is 32.2. The maximum Gasteiger partial charge on any atom is 0.230 e. The minimum absolute atomic E-state index is 0.0631. The molecule has 0 saturated carbocycles. The molecule has 0 bridgehead atoms. The topological polar surface area (TPSA) is 85.8 Å². The number of fused-ring (bicyclic) bond motifs is 1. The number of nitrogens with one attached hydrogen (secondary N) is 1. The van der Waals surface area contributed by atoms with Crippen molar-refractivity contribution in [3.8, 4) is 11.6 Å². The number of aromatic nitrogens is 4. The van der Waals surface area contributed by atoms with Crippen molar-refractivity contribution in [2.45, 2.75) is 32.0 Å². The lowest BCUT2D eigenvalue weighted by molar-refractivity contribution is -0.118. The van der Waals surface area contributed by atoms with E-state index in [0.717, 1.165) is 32.9 Å². The Balaban J connectivity index is 1.26. The molecule has 0 aliphatic carbocycles. The molecule has 5 aromatic rings. The summed E-state index contributed by atoms with van der Waals surface area (Å²) in [5.41, 5.74) is 5.04. The van der Waals surface area contributed by atoms with Crippen molar-refractivity contribution in [1.82, 2.24) is 25.1 Å². The average Bonchev–Trinajstić information content (AvgIpc) is 3.50. The van der Waals surface area contributed by atoms with Gasteiger partial charge in [-0.15, -0.1) is 0 Å². The van der Waals surface area contributed by atoms with Crippen LogP contribution in [0.15, 0.2) is 82.4 Å². The van der Waals surface area contributed by atoms with Crippen LogP contribution < -0.4 is 5.32 Å². The van der Waals surface area contributed by atoms with Crippen molar-refractivity contribution in [2.75, 3.05) is 5.75 Å². The lowest BCUT2D eigenvalue weighted by atomic mass is 10.2. The SMILES string of the molecule is Cc1nn(Cc2ccccc2)c(C)c1CNC(=O)CSc1nc(-c2ccco2)nc2ccccc12. The zero-order valence-electron chi connectivity index (χ0n) is 19.6. The highest BCUT2D eigenvalue weighted by Crippen LogP contribution is 2.28. The summed E-state index contributed by atoms with van der Waals surface area (Å²) in [6.45, 7) is 5.17. The molecule has 1 amide bonds. The maximum atomic E-state index is 12.7. The van der Waals surface area contributed by atoms with Crippen LogP contribution in [0.25, 0.3) is 22.5 Å². The van der Waals surface area contributed by atoms with Gasteiger partial charge in [-0.05, 0) is 37.6 Å².